The van der Waals surface area contributed by atoms with E-state index >= 15 is 0 Å². The highest BCUT2D eigenvalue weighted by atomic mass is 32.1. The number of amides is 2. The minimum absolute atomic E-state index is 0.0101. The van der Waals surface area contributed by atoms with Crippen LogP contribution in [0.15, 0.2) is 5.38 Å². The second kappa shape index (κ2) is 11.0. The number of nitrogens with one attached hydrogen (secondary N) is 2. The predicted octanol–water partition coefficient (Wildman–Crippen LogP) is 2.87. The van der Waals surface area contributed by atoms with Crippen molar-refractivity contribution in [2.45, 2.75) is 46.0 Å². The summed E-state index contributed by atoms with van der Waals surface area (Å²) in [6.07, 6.45) is 4.44. The smallest absolute Gasteiger partial charge is 0.229 e. The molecular formula is C21H33N3O4S. The zero-order chi connectivity index (χ0) is 20.6. The number of ether oxygens (including phenoxy) is 2. The van der Waals surface area contributed by atoms with Gasteiger partial charge in [0, 0.05) is 56.6 Å². The van der Waals surface area contributed by atoms with E-state index in [1.165, 1.54) is 11.3 Å². The molecule has 1 aromatic heterocycles. The van der Waals surface area contributed by atoms with Gasteiger partial charge in [-0.2, -0.15) is 0 Å². The molecule has 3 rings (SSSR count). The number of nitrogens with zero attached hydrogens (tertiary/aromatic N) is 1. The molecule has 2 amide bonds. The Hall–Kier alpha value is -1.51. The summed E-state index contributed by atoms with van der Waals surface area (Å²) in [6, 6.07) is 0. The first-order valence-electron chi connectivity index (χ1n) is 10.7. The molecule has 0 unspecified atom stereocenters. The number of hydrogen-bond acceptors (Lipinski definition) is 6. The second-order valence-electron chi connectivity index (χ2n) is 8.15. The Morgan fingerprint density at radius 1 is 1.03 bits per heavy atom. The van der Waals surface area contributed by atoms with Gasteiger partial charge < -0.3 is 20.1 Å². The van der Waals surface area contributed by atoms with Gasteiger partial charge in [0.15, 0.2) is 5.13 Å². The van der Waals surface area contributed by atoms with Crippen LogP contribution in [0.25, 0.3) is 0 Å². The van der Waals surface area contributed by atoms with Crippen molar-refractivity contribution < 1.29 is 19.1 Å². The lowest BCUT2D eigenvalue weighted by Gasteiger charge is -2.26. The summed E-state index contributed by atoms with van der Waals surface area (Å²) in [5.74, 6) is 0.870. The normalized spacial score (nSPS) is 20.8. The molecule has 29 heavy (non-hydrogen) atoms. The molecule has 162 valence electrons. The molecule has 2 N–H and O–H groups in total. The SMILES string of the molecule is C[C@H](C(=O)NCCc1csc(NC(=O)[C@H](C)C2CCOCC2)n1)C1CCOCC1. The Bertz CT molecular complexity index is 669. The maximum absolute atomic E-state index is 12.5. The summed E-state index contributed by atoms with van der Waals surface area (Å²) in [5, 5.41) is 8.55. The van der Waals surface area contributed by atoms with E-state index in [9.17, 15) is 9.59 Å². The van der Waals surface area contributed by atoms with Gasteiger partial charge in [0.2, 0.25) is 11.8 Å². The fourth-order valence-corrected chi connectivity index (χ4v) is 4.78. The molecule has 0 radical (unpaired) electrons. The maximum Gasteiger partial charge on any atom is 0.229 e. The Kier molecular flexibility index (Phi) is 8.44. The minimum Gasteiger partial charge on any atom is -0.381 e. The van der Waals surface area contributed by atoms with Crippen molar-refractivity contribution in [1.29, 1.82) is 0 Å². The lowest BCUT2D eigenvalue weighted by atomic mass is 9.87. The summed E-state index contributed by atoms with van der Waals surface area (Å²) in [5.41, 5.74) is 0.892. The van der Waals surface area contributed by atoms with E-state index < -0.39 is 0 Å². The van der Waals surface area contributed by atoms with Crippen LogP contribution in [0.3, 0.4) is 0 Å². The molecule has 0 aliphatic carbocycles. The number of thiazole rings is 1. The van der Waals surface area contributed by atoms with Crippen LogP contribution >= 0.6 is 11.3 Å². The highest BCUT2D eigenvalue weighted by molar-refractivity contribution is 7.13. The zero-order valence-electron chi connectivity index (χ0n) is 17.4. The largest absolute Gasteiger partial charge is 0.381 e. The first-order valence-corrected chi connectivity index (χ1v) is 11.6. The Balaban J connectivity index is 1.39. The van der Waals surface area contributed by atoms with Gasteiger partial charge in [-0.3, -0.25) is 9.59 Å². The van der Waals surface area contributed by atoms with Gasteiger partial charge in [0.05, 0.1) is 5.69 Å². The van der Waals surface area contributed by atoms with Crippen LogP contribution in [-0.4, -0.2) is 49.8 Å². The average Bonchev–Trinajstić information content (AvgIpc) is 3.20. The van der Waals surface area contributed by atoms with E-state index in [-0.39, 0.29) is 23.7 Å². The third-order valence-electron chi connectivity index (χ3n) is 6.24. The number of rotatable bonds is 8. The predicted molar refractivity (Wildman–Crippen MR) is 113 cm³/mol. The van der Waals surface area contributed by atoms with Gasteiger partial charge in [-0.05, 0) is 37.5 Å². The third-order valence-corrected chi connectivity index (χ3v) is 7.04. The van der Waals surface area contributed by atoms with E-state index in [1.54, 1.807) is 0 Å². The summed E-state index contributed by atoms with van der Waals surface area (Å²) in [6.45, 7) is 7.52. The van der Waals surface area contributed by atoms with Crippen molar-refractivity contribution in [2.24, 2.45) is 23.7 Å². The monoisotopic (exact) mass is 423 g/mol. The van der Waals surface area contributed by atoms with E-state index in [1.807, 2.05) is 19.2 Å². The maximum atomic E-state index is 12.5. The molecule has 2 aliphatic heterocycles. The van der Waals surface area contributed by atoms with Crippen molar-refractivity contribution in [3.63, 3.8) is 0 Å². The molecule has 0 saturated carbocycles. The van der Waals surface area contributed by atoms with E-state index in [2.05, 4.69) is 15.6 Å². The number of hydrogen-bond donors (Lipinski definition) is 2. The van der Waals surface area contributed by atoms with Gasteiger partial charge >= 0.3 is 0 Å². The van der Waals surface area contributed by atoms with Crippen LogP contribution in [0.2, 0.25) is 0 Å². The molecule has 2 aliphatic rings. The van der Waals surface area contributed by atoms with Crippen molar-refractivity contribution >= 4 is 28.3 Å². The topological polar surface area (TPSA) is 89.6 Å². The van der Waals surface area contributed by atoms with Gasteiger partial charge in [-0.15, -0.1) is 11.3 Å². The molecule has 8 heteroatoms. The highest BCUT2D eigenvalue weighted by Crippen LogP contribution is 2.26. The van der Waals surface area contributed by atoms with Crippen LogP contribution in [0.5, 0.6) is 0 Å². The van der Waals surface area contributed by atoms with Gasteiger partial charge in [-0.1, -0.05) is 13.8 Å². The van der Waals surface area contributed by atoms with E-state index in [0.29, 0.717) is 29.9 Å². The summed E-state index contributed by atoms with van der Waals surface area (Å²) < 4.78 is 10.8. The van der Waals surface area contributed by atoms with Gasteiger partial charge in [0.1, 0.15) is 0 Å². The average molecular weight is 424 g/mol. The number of carbonyl (C=O) groups excluding carboxylic acids is 2. The standard InChI is InChI=1S/C21H33N3O4S/c1-14(16-4-9-27-10-5-16)19(25)22-8-3-18-13-29-21(23-18)24-20(26)15(2)17-6-11-28-12-7-17/h13-17H,3-12H2,1-2H3,(H,22,25)(H,23,24,26)/t14-,15+/m0/s1. The van der Waals surface area contributed by atoms with Crippen LogP contribution in [0, 0.1) is 23.7 Å². The van der Waals surface area contributed by atoms with Crippen molar-refractivity contribution in [2.75, 3.05) is 38.3 Å². The van der Waals surface area contributed by atoms with Crippen LogP contribution in [0.1, 0.15) is 45.2 Å². The van der Waals surface area contributed by atoms with Crippen molar-refractivity contribution in [3.05, 3.63) is 11.1 Å². The fourth-order valence-electron chi connectivity index (χ4n) is 4.03. The Labute approximate surface area is 176 Å². The molecule has 3 heterocycles. The second-order valence-corrected chi connectivity index (χ2v) is 9.01. The molecule has 2 atom stereocenters. The molecule has 1 aromatic rings. The lowest BCUT2D eigenvalue weighted by molar-refractivity contribution is -0.127. The van der Waals surface area contributed by atoms with Crippen LogP contribution in [0.4, 0.5) is 5.13 Å². The van der Waals surface area contributed by atoms with Crippen molar-refractivity contribution in [3.8, 4) is 0 Å². The summed E-state index contributed by atoms with van der Waals surface area (Å²) >= 11 is 1.44. The zero-order valence-corrected chi connectivity index (χ0v) is 18.3. The van der Waals surface area contributed by atoms with Gasteiger partial charge in [-0.25, -0.2) is 4.98 Å². The van der Waals surface area contributed by atoms with E-state index in [0.717, 1.165) is 57.8 Å². The number of anilines is 1. The van der Waals surface area contributed by atoms with Gasteiger partial charge in [0.25, 0.3) is 0 Å². The fraction of sp³-hybridized carbons (Fsp3) is 0.762. The quantitative estimate of drug-likeness (QED) is 0.671. The van der Waals surface area contributed by atoms with Crippen LogP contribution < -0.4 is 10.6 Å². The summed E-state index contributed by atoms with van der Waals surface area (Å²) in [4.78, 5) is 29.4. The molecule has 2 saturated heterocycles. The lowest BCUT2D eigenvalue weighted by Crippen LogP contribution is -2.36. The Morgan fingerprint density at radius 3 is 2.17 bits per heavy atom. The minimum atomic E-state index is -0.0442. The molecule has 0 aromatic carbocycles. The molecule has 2 fully saturated rings. The number of carbonyl (C=O) groups is 2. The molecule has 0 spiro atoms. The summed E-state index contributed by atoms with van der Waals surface area (Å²) in [7, 11) is 0. The molecule has 0 bridgehead atoms. The molecular weight excluding hydrogens is 390 g/mol. The van der Waals surface area contributed by atoms with Crippen LogP contribution in [-0.2, 0) is 25.5 Å². The van der Waals surface area contributed by atoms with Crippen molar-refractivity contribution in [1.82, 2.24) is 10.3 Å². The Morgan fingerprint density at radius 2 is 1.59 bits per heavy atom. The number of aromatic nitrogens is 1. The first-order chi connectivity index (χ1) is 14.0. The van der Waals surface area contributed by atoms with E-state index in [4.69, 9.17) is 9.47 Å². The third kappa shape index (κ3) is 6.49. The highest BCUT2D eigenvalue weighted by Gasteiger charge is 2.27. The first kappa shape index (κ1) is 22.2. The molecule has 7 nitrogen and oxygen atoms in total.